The Labute approximate surface area is 380 Å². The zero-order valence-corrected chi connectivity index (χ0v) is 35.3. The molecule has 2 amide bonds. The molecule has 0 unspecified atom stereocenters. The molecule has 5 heterocycles. The molecule has 12 aromatic rings. The molecule has 67 heavy (non-hydrogen) atoms. The summed E-state index contributed by atoms with van der Waals surface area (Å²) in [5.74, 6) is -2.37. The largest absolute Gasteiger partial charge is 0.386 e. The molecule has 9 aromatic carbocycles. The van der Waals surface area contributed by atoms with Crippen LogP contribution in [0.5, 0.6) is 0 Å². The molecule has 0 bridgehead atoms. The van der Waals surface area contributed by atoms with Gasteiger partial charge in [-0.3, -0.25) is 9.59 Å². The Kier molecular flexibility index (Phi) is 7.52. The van der Waals surface area contributed by atoms with Gasteiger partial charge in [0.25, 0.3) is 11.8 Å². The minimum atomic E-state index is -0.721. The van der Waals surface area contributed by atoms with Crippen molar-refractivity contribution in [1.82, 2.24) is 13.7 Å². The van der Waals surface area contributed by atoms with Crippen molar-refractivity contribution in [2.75, 3.05) is 4.90 Å². The van der Waals surface area contributed by atoms with E-state index in [0.717, 1.165) is 76.8 Å². The molecule has 0 N–H and O–H groups in total. The van der Waals surface area contributed by atoms with Crippen molar-refractivity contribution in [3.8, 4) is 28.2 Å². The lowest BCUT2D eigenvalue weighted by Crippen LogP contribution is -2.31. The van der Waals surface area contributed by atoms with Crippen molar-refractivity contribution in [2.24, 2.45) is 0 Å². The molecule has 314 valence electrons. The van der Waals surface area contributed by atoms with Gasteiger partial charge < -0.3 is 18.4 Å². The van der Waals surface area contributed by atoms with Crippen molar-refractivity contribution in [1.29, 1.82) is 0 Å². The summed E-state index contributed by atoms with van der Waals surface area (Å²) in [5.41, 5.74) is 10.4. The molecule has 0 aliphatic carbocycles. The number of rotatable bonds is 5. The molecule has 0 saturated carbocycles. The van der Waals surface area contributed by atoms with Crippen LogP contribution in [0, 0.1) is 0 Å². The Hall–Kier alpha value is -9.34. The number of benzene rings is 9. The lowest BCUT2D eigenvalue weighted by molar-refractivity contribution is 0.0443. The number of fused-ring (bicyclic) bond motifs is 11. The van der Waals surface area contributed by atoms with E-state index in [4.69, 9.17) is 4.74 Å². The van der Waals surface area contributed by atoms with Gasteiger partial charge in [-0.2, -0.15) is 0 Å². The average molecular weight is 865 g/mol. The number of ether oxygens (including phenoxy) is 1. The van der Waals surface area contributed by atoms with Crippen LogP contribution >= 0.6 is 0 Å². The maximum absolute atomic E-state index is 15.4. The standard InChI is InChI=1S/C58H32N4O5/c63-55-41-27-25-33(34-26-28-42-44(30-34)58(66)67-57(42)65)29-43(41)56(64)62(55)54-32-52(60-47-21-9-3-15-37(47)38-16-4-10-22-48(38)60)51(59-45-19-7-1-13-35(45)36-14-2-8-20-46(36)59)31-53(54)61-49-23-11-5-17-39(49)40-18-6-12-24-50(40)61/h1-32H. The maximum atomic E-state index is 15.4. The number of hydrogen-bond donors (Lipinski definition) is 0. The molecular weight excluding hydrogens is 833 g/mol. The van der Waals surface area contributed by atoms with Crippen molar-refractivity contribution < 1.29 is 23.9 Å². The van der Waals surface area contributed by atoms with Gasteiger partial charge in [0.15, 0.2) is 0 Å². The van der Waals surface area contributed by atoms with Crippen LogP contribution in [0.3, 0.4) is 0 Å². The van der Waals surface area contributed by atoms with Crippen LogP contribution in [-0.2, 0) is 4.74 Å². The van der Waals surface area contributed by atoms with E-state index in [2.05, 4.69) is 117 Å². The van der Waals surface area contributed by atoms with Crippen molar-refractivity contribution in [2.45, 2.75) is 0 Å². The van der Waals surface area contributed by atoms with Crippen molar-refractivity contribution in [3.05, 3.63) is 216 Å². The van der Waals surface area contributed by atoms with Gasteiger partial charge in [0, 0.05) is 32.3 Å². The predicted molar refractivity (Wildman–Crippen MR) is 262 cm³/mol. The fourth-order valence-corrected chi connectivity index (χ4v) is 10.7. The highest BCUT2D eigenvalue weighted by Crippen LogP contribution is 2.45. The summed E-state index contributed by atoms with van der Waals surface area (Å²) in [6.07, 6.45) is 0. The number of aromatic nitrogens is 3. The minimum Gasteiger partial charge on any atom is -0.386 e. The summed E-state index contributed by atoms with van der Waals surface area (Å²) in [6, 6.07) is 64.1. The van der Waals surface area contributed by atoms with E-state index >= 15 is 9.59 Å². The van der Waals surface area contributed by atoms with E-state index in [9.17, 15) is 9.59 Å². The topological polar surface area (TPSA) is 95.5 Å². The number of nitrogens with zero attached hydrogens (tertiary/aromatic N) is 4. The predicted octanol–water partition coefficient (Wildman–Crippen LogP) is 12.8. The molecule has 14 rings (SSSR count). The first-order chi connectivity index (χ1) is 32.9. The molecule has 0 saturated heterocycles. The van der Waals surface area contributed by atoms with Crippen LogP contribution in [0.2, 0.25) is 0 Å². The highest BCUT2D eigenvalue weighted by molar-refractivity contribution is 6.35. The van der Waals surface area contributed by atoms with Gasteiger partial charge >= 0.3 is 11.9 Å². The summed E-state index contributed by atoms with van der Waals surface area (Å²) in [7, 11) is 0. The Morgan fingerprint density at radius 3 is 1.01 bits per heavy atom. The molecule has 3 aromatic heterocycles. The molecule has 2 aliphatic rings. The molecule has 0 spiro atoms. The van der Waals surface area contributed by atoms with Crippen LogP contribution in [0.4, 0.5) is 5.69 Å². The van der Waals surface area contributed by atoms with E-state index in [0.29, 0.717) is 22.5 Å². The minimum absolute atomic E-state index is 0.156. The van der Waals surface area contributed by atoms with Gasteiger partial charge in [-0.15, -0.1) is 0 Å². The number of cyclic esters (lactones) is 2. The summed E-state index contributed by atoms with van der Waals surface area (Å²) in [6.45, 7) is 0. The van der Waals surface area contributed by atoms with Gasteiger partial charge in [-0.05, 0) is 83.9 Å². The van der Waals surface area contributed by atoms with Crippen LogP contribution in [-0.4, -0.2) is 37.5 Å². The lowest BCUT2D eigenvalue weighted by Gasteiger charge is -2.25. The number of carbonyl (C=O) groups excluding carboxylic acids is 4. The smallest absolute Gasteiger partial charge is 0.346 e. The molecule has 9 nitrogen and oxygen atoms in total. The number of imide groups is 1. The van der Waals surface area contributed by atoms with E-state index < -0.39 is 23.8 Å². The second kappa shape index (κ2) is 13.6. The van der Waals surface area contributed by atoms with Gasteiger partial charge in [-0.1, -0.05) is 121 Å². The Bertz CT molecular complexity index is 4080. The van der Waals surface area contributed by atoms with Gasteiger partial charge in [0.2, 0.25) is 0 Å². The second-order valence-electron chi connectivity index (χ2n) is 17.1. The first-order valence-corrected chi connectivity index (χ1v) is 22.0. The zero-order valence-electron chi connectivity index (χ0n) is 35.3. The number of carbonyl (C=O) groups is 4. The summed E-state index contributed by atoms with van der Waals surface area (Å²) >= 11 is 0. The molecule has 0 radical (unpaired) electrons. The molecule has 0 atom stereocenters. The summed E-state index contributed by atoms with van der Waals surface area (Å²) in [5, 5.41) is 6.38. The summed E-state index contributed by atoms with van der Waals surface area (Å²) in [4.78, 5) is 56.7. The highest BCUT2D eigenvalue weighted by atomic mass is 16.6. The number of amides is 2. The maximum Gasteiger partial charge on any atom is 0.346 e. The van der Waals surface area contributed by atoms with E-state index in [1.807, 2.05) is 54.6 Å². The first-order valence-electron chi connectivity index (χ1n) is 22.0. The summed E-state index contributed by atoms with van der Waals surface area (Å²) < 4.78 is 11.6. The Morgan fingerprint density at radius 2 is 0.597 bits per heavy atom. The molecule has 9 heteroatoms. The van der Waals surface area contributed by atoms with Crippen LogP contribution < -0.4 is 4.90 Å². The fourth-order valence-electron chi connectivity index (χ4n) is 10.7. The number of anilines is 1. The number of para-hydroxylation sites is 6. The second-order valence-corrected chi connectivity index (χ2v) is 17.1. The van der Waals surface area contributed by atoms with E-state index in [-0.39, 0.29) is 22.3 Å². The quantitative estimate of drug-likeness (QED) is 0.0975. The third kappa shape index (κ3) is 5.07. The van der Waals surface area contributed by atoms with E-state index in [1.54, 1.807) is 36.4 Å². The van der Waals surface area contributed by atoms with Gasteiger partial charge in [-0.25, -0.2) is 14.5 Å². The third-order valence-corrected chi connectivity index (χ3v) is 13.6. The highest BCUT2D eigenvalue weighted by Gasteiger charge is 2.40. The normalized spacial score (nSPS) is 13.6. The molecule has 0 fully saturated rings. The zero-order chi connectivity index (χ0) is 44.7. The molecular formula is C58H32N4O5. The van der Waals surface area contributed by atoms with Gasteiger partial charge in [0.05, 0.1) is 78.1 Å². The van der Waals surface area contributed by atoms with Crippen molar-refractivity contribution in [3.63, 3.8) is 0 Å². The lowest BCUT2D eigenvalue weighted by atomic mass is 9.97. The van der Waals surface area contributed by atoms with Crippen LogP contribution in [0.25, 0.3) is 93.6 Å². The van der Waals surface area contributed by atoms with E-state index in [1.165, 1.54) is 4.90 Å². The van der Waals surface area contributed by atoms with Gasteiger partial charge in [0.1, 0.15) is 0 Å². The monoisotopic (exact) mass is 864 g/mol. The average Bonchev–Trinajstić information content (AvgIpc) is 4.14. The first kappa shape index (κ1) is 37.1. The number of hydrogen-bond acceptors (Lipinski definition) is 5. The third-order valence-electron chi connectivity index (χ3n) is 13.6. The number of esters is 2. The SMILES string of the molecule is O=C1OC(=O)c2cc(-c3ccc4c(c3)C(=O)N(c3cc(-n5c6ccccc6c6ccccc65)c(-n5c6ccccc6c6ccccc65)cc3-n3c5ccccc5c5ccccc53)C4=O)ccc21. The molecule has 2 aliphatic heterocycles. The Balaban J connectivity index is 1.10. The fraction of sp³-hybridized carbons (Fsp3) is 0. The Morgan fingerprint density at radius 1 is 0.284 bits per heavy atom. The van der Waals surface area contributed by atoms with Crippen LogP contribution in [0.1, 0.15) is 41.4 Å². The van der Waals surface area contributed by atoms with Crippen molar-refractivity contribution >= 4 is 94.9 Å². The van der Waals surface area contributed by atoms with Crippen LogP contribution in [0.15, 0.2) is 194 Å².